The molecule has 13 heavy (non-hydrogen) atoms. The van der Waals surface area contributed by atoms with Crippen LogP contribution in [0.5, 0.6) is 0 Å². The van der Waals surface area contributed by atoms with Gasteiger partial charge in [-0.3, -0.25) is 0 Å². The molecule has 0 unspecified atom stereocenters. The second-order valence-corrected chi connectivity index (χ2v) is 3.21. The quantitative estimate of drug-likeness (QED) is 0.230. The van der Waals surface area contributed by atoms with Crippen LogP contribution in [-0.2, 0) is 0 Å². The van der Waals surface area contributed by atoms with Crippen LogP contribution in [0.3, 0.4) is 0 Å². The first kappa shape index (κ1) is 12.1. The molecule has 0 aliphatic heterocycles. The minimum absolute atomic E-state index is 0.103. The Morgan fingerprint density at radius 1 is 1.08 bits per heavy atom. The number of hydrazone groups is 1. The number of guanidine groups is 1. The van der Waals surface area contributed by atoms with Crippen LogP contribution in [-0.4, -0.2) is 12.5 Å². The Kier molecular flexibility index (Phi) is 8.51. The van der Waals surface area contributed by atoms with Gasteiger partial charge in [0.05, 0.1) is 0 Å². The van der Waals surface area contributed by atoms with Gasteiger partial charge in [-0.15, -0.1) is 5.10 Å². The topological polar surface area (TPSA) is 76.4 Å². The van der Waals surface area contributed by atoms with Gasteiger partial charge in [0.15, 0.2) is 0 Å². The van der Waals surface area contributed by atoms with E-state index < -0.39 is 0 Å². The number of hydrogen-bond acceptors (Lipinski definition) is 2. The Labute approximate surface area is 80.8 Å². The van der Waals surface area contributed by atoms with E-state index in [0.29, 0.717) is 0 Å². The lowest BCUT2D eigenvalue weighted by atomic mass is 10.1. The molecule has 0 aromatic heterocycles. The van der Waals surface area contributed by atoms with E-state index >= 15 is 0 Å². The monoisotopic (exact) mass is 186 g/mol. The Hall–Kier alpha value is -0.930. The van der Waals surface area contributed by atoms with Crippen molar-refractivity contribution in [1.29, 1.82) is 0 Å². The predicted molar refractivity (Wildman–Crippen MR) is 57.2 cm³/mol. The summed E-state index contributed by atoms with van der Waals surface area (Å²) in [5.74, 6) is 0.103. The molecule has 4 heteroatoms. The first-order chi connectivity index (χ1) is 6.27. The average Bonchev–Trinajstić information content (AvgIpc) is 2.09. The third-order valence-corrected chi connectivity index (χ3v) is 1.85. The highest BCUT2D eigenvalue weighted by Gasteiger charge is 1.88. The van der Waals surface area contributed by atoms with Crippen molar-refractivity contribution in [2.24, 2.45) is 16.6 Å². The zero-order chi connectivity index (χ0) is 9.94. The van der Waals surface area contributed by atoms with Gasteiger partial charge in [-0.25, -0.2) is 0 Å². The molecule has 0 radical (unpaired) electrons. The molecule has 0 heterocycles. The number of nitrogens with one attached hydrogen (secondary N) is 1. The highest BCUT2D eigenvalue weighted by Crippen LogP contribution is 2.03. The van der Waals surface area contributed by atoms with Crippen molar-refractivity contribution in [3.05, 3.63) is 0 Å². The molecule has 0 bridgehead atoms. The predicted octanol–water partition coefficient (Wildman–Crippen LogP) is 1.12. The third kappa shape index (κ3) is 11.1. The van der Waals surface area contributed by atoms with Gasteiger partial charge in [-0.1, -0.05) is 39.0 Å². The van der Waals surface area contributed by atoms with E-state index in [-0.39, 0.29) is 5.96 Å². The summed E-state index contributed by atoms with van der Waals surface area (Å²) in [7, 11) is 0. The van der Waals surface area contributed by atoms with Crippen LogP contribution in [0, 0.1) is 0 Å². The molecule has 0 saturated carbocycles. The zero-order valence-corrected chi connectivity index (χ0v) is 8.55. The van der Waals surface area contributed by atoms with Gasteiger partial charge in [-0.2, -0.15) is 0 Å². The Bertz CT molecular complexity index is 130. The molecule has 0 amide bonds. The summed E-state index contributed by atoms with van der Waals surface area (Å²) in [6.45, 7) is 3.09. The van der Waals surface area contributed by atoms with Gasteiger partial charge in [-0.05, 0) is 6.42 Å². The van der Waals surface area contributed by atoms with Gasteiger partial charge in [0.2, 0.25) is 5.96 Å². The van der Waals surface area contributed by atoms with Crippen molar-refractivity contribution in [1.82, 2.24) is 5.43 Å². The van der Waals surface area contributed by atoms with E-state index in [2.05, 4.69) is 17.5 Å². The van der Waals surface area contributed by atoms with Crippen molar-refractivity contribution in [3.63, 3.8) is 0 Å². The van der Waals surface area contributed by atoms with Crippen LogP contribution >= 0.6 is 0 Å². The van der Waals surface area contributed by atoms with Crippen molar-refractivity contribution < 1.29 is 0 Å². The lowest BCUT2D eigenvalue weighted by Crippen LogP contribution is -2.26. The summed E-state index contributed by atoms with van der Waals surface area (Å²) in [4.78, 5) is 0. The minimum Gasteiger partial charge on any atom is -0.369 e. The molecule has 78 valence electrons. The molecular formula is C9H22N4. The van der Waals surface area contributed by atoms with Gasteiger partial charge >= 0.3 is 0 Å². The fraction of sp³-hybridized carbons (Fsp3) is 0.889. The minimum atomic E-state index is 0.103. The van der Waals surface area contributed by atoms with Crippen LogP contribution in [0.4, 0.5) is 0 Å². The summed E-state index contributed by atoms with van der Waals surface area (Å²) in [5, 5.41) is 3.68. The molecule has 0 aliphatic carbocycles. The van der Waals surface area contributed by atoms with Crippen LogP contribution in [0.25, 0.3) is 0 Å². The van der Waals surface area contributed by atoms with E-state index in [9.17, 15) is 0 Å². The van der Waals surface area contributed by atoms with Crippen molar-refractivity contribution >= 4 is 5.96 Å². The van der Waals surface area contributed by atoms with Gasteiger partial charge in [0.25, 0.3) is 0 Å². The largest absolute Gasteiger partial charge is 0.369 e. The lowest BCUT2D eigenvalue weighted by molar-refractivity contribution is 0.581. The first-order valence-electron chi connectivity index (χ1n) is 5.09. The molecule has 0 aromatic rings. The molecule has 4 nitrogen and oxygen atoms in total. The fourth-order valence-electron chi connectivity index (χ4n) is 1.13. The average molecular weight is 186 g/mol. The summed E-state index contributed by atoms with van der Waals surface area (Å²) >= 11 is 0. The maximum absolute atomic E-state index is 5.14. The van der Waals surface area contributed by atoms with Gasteiger partial charge in [0.1, 0.15) is 0 Å². The van der Waals surface area contributed by atoms with E-state index in [1.165, 1.54) is 32.1 Å². The maximum Gasteiger partial charge on any atom is 0.208 e. The fourth-order valence-corrected chi connectivity index (χ4v) is 1.13. The van der Waals surface area contributed by atoms with E-state index in [1.54, 1.807) is 0 Å². The molecule has 0 aromatic carbocycles. The summed E-state index contributed by atoms with van der Waals surface area (Å²) in [5.41, 5.74) is 13.1. The van der Waals surface area contributed by atoms with Crippen LogP contribution < -0.4 is 16.9 Å². The summed E-state index contributed by atoms with van der Waals surface area (Å²) in [6, 6.07) is 0. The van der Waals surface area contributed by atoms with Crippen LogP contribution in [0.2, 0.25) is 0 Å². The molecule has 0 atom stereocenters. The smallest absolute Gasteiger partial charge is 0.208 e. The van der Waals surface area contributed by atoms with Crippen molar-refractivity contribution in [2.75, 3.05) is 6.54 Å². The number of rotatable bonds is 8. The van der Waals surface area contributed by atoms with E-state index in [0.717, 1.165) is 13.0 Å². The maximum atomic E-state index is 5.14. The molecule has 0 rings (SSSR count). The molecular weight excluding hydrogens is 164 g/mol. The molecule has 5 N–H and O–H groups in total. The number of unbranched alkanes of at least 4 members (excludes halogenated alkanes) is 5. The molecule has 0 saturated heterocycles. The number of hydrogen-bond donors (Lipinski definition) is 3. The highest BCUT2D eigenvalue weighted by molar-refractivity contribution is 5.75. The molecule has 0 aliphatic rings. The van der Waals surface area contributed by atoms with E-state index in [4.69, 9.17) is 11.5 Å². The first-order valence-corrected chi connectivity index (χ1v) is 5.09. The van der Waals surface area contributed by atoms with Crippen LogP contribution in [0.1, 0.15) is 45.4 Å². The van der Waals surface area contributed by atoms with E-state index in [1.807, 2.05) is 0 Å². The number of nitrogens with zero attached hydrogens (tertiary/aromatic N) is 1. The van der Waals surface area contributed by atoms with Crippen LogP contribution in [0.15, 0.2) is 5.10 Å². The summed E-state index contributed by atoms with van der Waals surface area (Å²) < 4.78 is 0. The SMILES string of the molecule is CCCCCCCCNN=C(N)N. The highest BCUT2D eigenvalue weighted by atomic mass is 15.3. The molecule has 0 spiro atoms. The Morgan fingerprint density at radius 3 is 2.31 bits per heavy atom. The van der Waals surface area contributed by atoms with Gasteiger partial charge in [0, 0.05) is 6.54 Å². The molecule has 0 fully saturated rings. The Morgan fingerprint density at radius 2 is 1.69 bits per heavy atom. The lowest BCUT2D eigenvalue weighted by Gasteiger charge is -2.00. The Balaban J connectivity index is 2.96. The number of nitrogens with two attached hydrogens (primary N) is 2. The summed E-state index contributed by atoms with van der Waals surface area (Å²) in [6.07, 6.45) is 7.71. The standard InChI is InChI=1S/C9H22N4/c1-2-3-4-5-6-7-8-12-13-9(10)11/h12H,2-8H2,1H3,(H4,10,11,13). The second-order valence-electron chi connectivity index (χ2n) is 3.21. The van der Waals surface area contributed by atoms with Crippen molar-refractivity contribution in [2.45, 2.75) is 45.4 Å². The van der Waals surface area contributed by atoms with Gasteiger partial charge < -0.3 is 16.9 Å². The normalized spacial score (nSPS) is 9.62. The zero-order valence-electron chi connectivity index (χ0n) is 8.55. The third-order valence-electron chi connectivity index (χ3n) is 1.85. The second kappa shape index (κ2) is 9.16. The van der Waals surface area contributed by atoms with Crippen molar-refractivity contribution in [3.8, 4) is 0 Å².